The van der Waals surface area contributed by atoms with Crippen LogP contribution in [0, 0.1) is 0 Å². The minimum Gasteiger partial charge on any atom is -0.385 e. The van der Waals surface area contributed by atoms with Crippen LogP contribution in [0.3, 0.4) is 0 Å². The summed E-state index contributed by atoms with van der Waals surface area (Å²) >= 11 is 0. The molecule has 0 aromatic carbocycles. The maximum absolute atomic E-state index is 11.4. The number of ether oxygens (including phenoxy) is 1. The van der Waals surface area contributed by atoms with Gasteiger partial charge in [0.25, 0.3) is 0 Å². The summed E-state index contributed by atoms with van der Waals surface area (Å²) in [4.78, 5) is 22.6. The summed E-state index contributed by atoms with van der Waals surface area (Å²) in [6.07, 6.45) is 1.66. The maximum atomic E-state index is 11.4. The molecule has 17 heavy (non-hydrogen) atoms. The molecule has 0 heterocycles. The van der Waals surface area contributed by atoms with Gasteiger partial charge in [-0.05, 0) is 12.8 Å². The van der Waals surface area contributed by atoms with Gasteiger partial charge in [-0.3, -0.25) is 9.59 Å². The van der Waals surface area contributed by atoms with Gasteiger partial charge < -0.3 is 21.1 Å². The number of amides is 2. The molecule has 100 valence electrons. The highest BCUT2D eigenvalue weighted by Gasteiger charge is 2.12. The molecular formula is C11H23N3O3. The van der Waals surface area contributed by atoms with Gasteiger partial charge in [0.1, 0.15) is 0 Å². The van der Waals surface area contributed by atoms with Crippen LogP contribution in [0.4, 0.5) is 0 Å². The Kier molecular flexibility index (Phi) is 9.37. The van der Waals surface area contributed by atoms with Gasteiger partial charge in [-0.2, -0.15) is 0 Å². The van der Waals surface area contributed by atoms with Gasteiger partial charge >= 0.3 is 0 Å². The van der Waals surface area contributed by atoms with Crippen LogP contribution in [-0.4, -0.2) is 44.7 Å². The van der Waals surface area contributed by atoms with E-state index < -0.39 is 6.04 Å². The Balaban J connectivity index is 3.59. The zero-order chi connectivity index (χ0) is 13.1. The van der Waals surface area contributed by atoms with E-state index in [1.165, 1.54) is 0 Å². The third kappa shape index (κ3) is 8.65. The number of nitrogens with one attached hydrogen (secondary N) is 2. The highest BCUT2D eigenvalue weighted by molar-refractivity contribution is 5.82. The summed E-state index contributed by atoms with van der Waals surface area (Å²) in [7, 11) is 1.56. The van der Waals surface area contributed by atoms with Crippen molar-refractivity contribution in [1.29, 1.82) is 0 Å². The Labute approximate surface area is 102 Å². The van der Waals surface area contributed by atoms with E-state index in [0.717, 1.165) is 6.42 Å². The van der Waals surface area contributed by atoms with E-state index in [4.69, 9.17) is 10.5 Å². The standard InChI is InChI=1S/C11H23N3O3/c1-3-6-13-10(15)4-7-14-11(16)9(12)5-8-17-2/h9H,3-8,12H2,1-2H3,(H,13,15)(H,14,16). The molecule has 0 aromatic rings. The maximum Gasteiger partial charge on any atom is 0.237 e. The average Bonchev–Trinajstić information content (AvgIpc) is 2.33. The molecule has 1 unspecified atom stereocenters. The molecule has 0 fully saturated rings. The van der Waals surface area contributed by atoms with Gasteiger partial charge in [0.2, 0.25) is 11.8 Å². The lowest BCUT2D eigenvalue weighted by molar-refractivity contribution is -0.123. The quantitative estimate of drug-likeness (QED) is 0.505. The lowest BCUT2D eigenvalue weighted by Gasteiger charge is -2.11. The number of methoxy groups -OCH3 is 1. The van der Waals surface area contributed by atoms with Gasteiger partial charge in [-0.1, -0.05) is 6.92 Å². The van der Waals surface area contributed by atoms with E-state index in [1.807, 2.05) is 6.92 Å². The highest BCUT2D eigenvalue weighted by Crippen LogP contribution is 1.89. The highest BCUT2D eigenvalue weighted by atomic mass is 16.5. The van der Waals surface area contributed by atoms with E-state index >= 15 is 0 Å². The van der Waals surface area contributed by atoms with Gasteiger partial charge in [-0.25, -0.2) is 0 Å². The first-order chi connectivity index (χ1) is 8.11. The SMILES string of the molecule is CCCNC(=O)CCNC(=O)C(N)CCOC. The topological polar surface area (TPSA) is 93.5 Å². The van der Waals surface area contributed by atoms with Crippen molar-refractivity contribution in [3.63, 3.8) is 0 Å². The number of rotatable bonds is 9. The second kappa shape index (κ2) is 10.0. The third-order valence-corrected chi connectivity index (χ3v) is 2.19. The van der Waals surface area contributed by atoms with Crippen LogP contribution in [0.5, 0.6) is 0 Å². The van der Waals surface area contributed by atoms with Crippen molar-refractivity contribution in [2.24, 2.45) is 5.73 Å². The van der Waals surface area contributed by atoms with Gasteiger partial charge in [-0.15, -0.1) is 0 Å². The summed E-state index contributed by atoms with van der Waals surface area (Å²) < 4.78 is 4.83. The number of carbonyl (C=O) groups is 2. The van der Waals surface area contributed by atoms with Crippen molar-refractivity contribution >= 4 is 11.8 Å². The third-order valence-electron chi connectivity index (χ3n) is 2.19. The van der Waals surface area contributed by atoms with Crippen LogP contribution in [0.15, 0.2) is 0 Å². The molecule has 0 bridgehead atoms. The van der Waals surface area contributed by atoms with Crippen LogP contribution >= 0.6 is 0 Å². The van der Waals surface area contributed by atoms with Crippen molar-refractivity contribution in [3.8, 4) is 0 Å². The lowest BCUT2D eigenvalue weighted by atomic mass is 10.2. The first-order valence-electron chi connectivity index (χ1n) is 5.90. The molecular weight excluding hydrogens is 222 g/mol. The molecule has 6 nitrogen and oxygen atoms in total. The van der Waals surface area contributed by atoms with Gasteiger partial charge in [0, 0.05) is 33.2 Å². The summed E-state index contributed by atoms with van der Waals surface area (Å²) in [6, 6.07) is -0.575. The molecule has 0 saturated carbocycles. The van der Waals surface area contributed by atoms with E-state index in [0.29, 0.717) is 26.1 Å². The van der Waals surface area contributed by atoms with Crippen LogP contribution in [0.1, 0.15) is 26.2 Å². The Morgan fingerprint density at radius 3 is 2.59 bits per heavy atom. The largest absolute Gasteiger partial charge is 0.385 e. The molecule has 0 aliphatic rings. The van der Waals surface area contributed by atoms with Crippen LogP contribution in [-0.2, 0) is 14.3 Å². The zero-order valence-corrected chi connectivity index (χ0v) is 10.6. The van der Waals surface area contributed by atoms with Crippen LogP contribution in [0.25, 0.3) is 0 Å². The minimum atomic E-state index is -0.575. The lowest BCUT2D eigenvalue weighted by Crippen LogP contribution is -2.42. The molecule has 2 amide bonds. The minimum absolute atomic E-state index is 0.0578. The van der Waals surface area contributed by atoms with E-state index in [-0.39, 0.29) is 18.2 Å². The molecule has 0 aromatic heterocycles. The first kappa shape index (κ1) is 15.9. The summed E-state index contributed by atoms with van der Waals surface area (Å²) in [5.41, 5.74) is 5.61. The smallest absolute Gasteiger partial charge is 0.237 e. The number of nitrogens with two attached hydrogens (primary N) is 1. The Morgan fingerprint density at radius 2 is 2.00 bits per heavy atom. The van der Waals surface area contributed by atoms with Gasteiger partial charge in [0.05, 0.1) is 6.04 Å². The zero-order valence-electron chi connectivity index (χ0n) is 10.6. The van der Waals surface area contributed by atoms with Crippen molar-refractivity contribution in [3.05, 3.63) is 0 Å². The summed E-state index contributed by atoms with van der Waals surface area (Å²) in [5, 5.41) is 5.35. The Hall–Kier alpha value is -1.14. The van der Waals surface area contributed by atoms with Crippen LogP contribution < -0.4 is 16.4 Å². The number of hydrogen-bond donors (Lipinski definition) is 3. The predicted molar refractivity (Wildman–Crippen MR) is 65.4 cm³/mol. The molecule has 0 aliphatic heterocycles. The molecule has 0 rings (SSSR count). The average molecular weight is 245 g/mol. The van der Waals surface area contributed by atoms with Crippen molar-refractivity contribution in [2.75, 3.05) is 26.8 Å². The molecule has 0 saturated heterocycles. The predicted octanol–water partition coefficient (Wildman–Crippen LogP) is -0.617. The number of carbonyl (C=O) groups excluding carboxylic acids is 2. The second-order valence-electron chi connectivity index (χ2n) is 3.78. The Morgan fingerprint density at radius 1 is 1.29 bits per heavy atom. The van der Waals surface area contributed by atoms with Crippen molar-refractivity contribution < 1.29 is 14.3 Å². The van der Waals surface area contributed by atoms with E-state index in [1.54, 1.807) is 7.11 Å². The van der Waals surface area contributed by atoms with Crippen LogP contribution in [0.2, 0.25) is 0 Å². The Bertz CT molecular complexity index is 234. The molecule has 1 atom stereocenters. The summed E-state index contributed by atoms with van der Waals surface area (Å²) in [5.74, 6) is -0.303. The summed E-state index contributed by atoms with van der Waals surface area (Å²) in [6.45, 7) is 3.41. The molecule has 0 radical (unpaired) electrons. The van der Waals surface area contributed by atoms with E-state index in [9.17, 15) is 9.59 Å². The molecule has 0 spiro atoms. The molecule has 0 aliphatic carbocycles. The fourth-order valence-electron chi connectivity index (χ4n) is 1.16. The molecule has 6 heteroatoms. The number of hydrogen-bond acceptors (Lipinski definition) is 4. The normalized spacial score (nSPS) is 11.9. The monoisotopic (exact) mass is 245 g/mol. The van der Waals surface area contributed by atoms with Gasteiger partial charge in [0.15, 0.2) is 0 Å². The van der Waals surface area contributed by atoms with E-state index in [2.05, 4.69) is 10.6 Å². The van der Waals surface area contributed by atoms with Crippen molar-refractivity contribution in [1.82, 2.24) is 10.6 Å². The first-order valence-corrected chi connectivity index (χ1v) is 5.90. The fourth-order valence-corrected chi connectivity index (χ4v) is 1.16. The second-order valence-corrected chi connectivity index (χ2v) is 3.78. The fraction of sp³-hybridized carbons (Fsp3) is 0.818. The van der Waals surface area contributed by atoms with Crippen molar-refractivity contribution in [2.45, 2.75) is 32.2 Å². The molecule has 4 N–H and O–H groups in total.